The van der Waals surface area contributed by atoms with Crippen molar-refractivity contribution in [2.45, 2.75) is 40.2 Å². The molecule has 5 rings (SSSR count). The average molecular weight is 507 g/mol. The molecule has 36 heavy (non-hydrogen) atoms. The van der Waals surface area contributed by atoms with Crippen molar-refractivity contribution < 1.29 is 9.59 Å². The Hall–Kier alpha value is -3.57. The molecule has 4 aromatic rings. The van der Waals surface area contributed by atoms with Crippen molar-refractivity contribution in [3.05, 3.63) is 47.8 Å². The Morgan fingerprint density at radius 1 is 1.14 bits per heavy atom. The number of likely N-dealkylation sites (tertiary alicyclic amines) is 1. The van der Waals surface area contributed by atoms with E-state index in [0.717, 1.165) is 40.5 Å². The Labute approximate surface area is 213 Å². The second-order valence-corrected chi connectivity index (χ2v) is 10.6. The molecule has 1 aliphatic heterocycles. The van der Waals surface area contributed by atoms with Gasteiger partial charge in [0.05, 0.1) is 51.5 Å². The van der Waals surface area contributed by atoms with Gasteiger partial charge in [0, 0.05) is 37.6 Å². The fourth-order valence-corrected chi connectivity index (χ4v) is 5.66. The summed E-state index contributed by atoms with van der Waals surface area (Å²) in [6.45, 7) is 9.75. The van der Waals surface area contributed by atoms with Crippen LogP contribution in [0.2, 0.25) is 0 Å². The smallest absolute Gasteiger partial charge is 0.260 e. The number of nitrogens with one attached hydrogen (secondary N) is 2. The molecule has 11 heteroatoms. The van der Waals surface area contributed by atoms with Gasteiger partial charge in [0.15, 0.2) is 0 Å². The SMILES string of the molecule is Cc1ncc(NC(=O)C2CCN(C(C)C)C2)cc1NC(=O)c1cnn2cc(-c3cn(C)nc3C)sc12. The topological polar surface area (TPSA) is 109 Å². The third-order valence-electron chi connectivity index (χ3n) is 6.64. The number of hydrogen-bond donors (Lipinski definition) is 2. The van der Waals surface area contributed by atoms with Gasteiger partial charge >= 0.3 is 0 Å². The van der Waals surface area contributed by atoms with Crippen LogP contribution in [0, 0.1) is 19.8 Å². The number of aromatic nitrogens is 5. The van der Waals surface area contributed by atoms with E-state index in [1.54, 1.807) is 27.7 Å². The van der Waals surface area contributed by atoms with E-state index in [4.69, 9.17) is 0 Å². The van der Waals surface area contributed by atoms with Crippen LogP contribution in [0.25, 0.3) is 15.3 Å². The third-order valence-corrected chi connectivity index (χ3v) is 7.79. The monoisotopic (exact) mass is 506 g/mol. The highest BCUT2D eigenvalue weighted by Crippen LogP contribution is 2.32. The molecule has 4 aromatic heterocycles. The maximum atomic E-state index is 13.2. The molecular weight excluding hydrogens is 476 g/mol. The first-order valence-corrected chi connectivity index (χ1v) is 12.8. The Kier molecular flexibility index (Phi) is 6.35. The maximum absolute atomic E-state index is 13.2. The summed E-state index contributed by atoms with van der Waals surface area (Å²) >= 11 is 1.49. The van der Waals surface area contributed by atoms with E-state index < -0.39 is 0 Å². The van der Waals surface area contributed by atoms with Gasteiger partial charge in [0.25, 0.3) is 5.91 Å². The summed E-state index contributed by atoms with van der Waals surface area (Å²) in [5.74, 6) is -0.349. The van der Waals surface area contributed by atoms with Crippen LogP contribution < -0.4 is 10.6 Å². The number of amides is 2. The van der Waals surface area contributed by atoms with Gasteiger partial charge in [0.2, 0.25) is 5.91 Å². The van der Waals surface area contributed by atoms with Crippen molar-refractivity contribution in [2.24, 2.45) is 13.0 Å². The number of hydrogen-bond acceptors (Lipinski definition) is 7. The lowest BCUT2D eigenvalue weighted by Gasteiger charge is -2.20. The summed E-state index contributed by atoms with van der Waals surface area (Å²) in [5.41, 5.74) is 4.18. The summed E-state index contributed by atoms with van der Waals surface area (Å²) in [6.07, 6.45) is 7.90. The van der Waals surface area contributed by atoms with Gasteiger partial charge in [-0.25, -0.2) is 4.52 Å². The minimum atomic E-state index is -0.280. The summed E-state index contributed by atoms with van der Waals surface area (Å²) in [4.78, 5) is 34.4. The number of rotatable bonds is 6. The Balaban J connectivity index is 1.32. The van der Waals surface area contributed by atoms with Crippen LogP contribution in [0.5, 0.6) is 0 Å². The number of fused-ring (bicyclic) bond motifs is 1. The fraction of sp³-hybridized carbons (Fsp3) is 0.400. The Morgan fingerprint density at radius 3 is 2.64 bits per heavy atom. The molecule has 1 saturated heterocycles. The van der Waals surface area contributed by atoms with Gasteiger partial charge < -0.3 is 15.5 Å². The number of anilines is 2. The van der Waals surface area contributed by atoms with Crippen molar-refractivity contribution in [1.29, 1.82) is 0 Å². The molecule has 188 valence electrons. The second kappa shape index (κ2) is 9.47. The van der Waals surface area contributed by atoms with Crippen LogP contribution in [0.1, 0.15) is 42.0 Å². The zero-order chi connectivity index (χ0) is 25.6. The van der Waals surface area contributed by atoms with E-state index in [1.165, 1.54) is 11.3 Å². The highest BCUT2D eigenvalue weighted by Gasteiger charge is 2.29. The fourth-order valence-electron chi connectivity index (χ4n) is 4.54. The van der Waals surface area contributed by atoms with Crippen molar-refractivity contribution in [1.82, 2.24) is 29.3 Å². The normalized spacial score (nSPS) is 16.2. The van der Waals surface area contributed by atoms with Gasteiger partial charge in [-0.1, -0.05) is 0 Å². The Morgan fingerprint density at radius 2 is 1.94 bits per heavy atom. The van der Waals surface area contributed by atoms with E-state index in [0.29, 0.717) is 28.7 Å². The largest absolute Gasteiger partial charge is 0.324 e. The number of thiazole rings is 1. The molecule has 2 amide bonds. The molecule has 5 heterocycles. The van der Waals surface area contributed by atoms with Crippen molar-refractivity contribution in [3.8, 4) is 10.4 Å². The van der Waals surface area contributed by atoms with Crippen molar-refractivity contribution in [3.63, 3.8) is 0 Å². The van der Waals surface area contributed by atoms with Crippen LogP contribution >= 0.6 is 11.3 Å². The molecule has 1 unspecified atom stereocenters. The minimum absolute atomic E-state index is 0.0174. The van der Waals surface area contributed by atoms with Crippen LogP contribution in [-0.2, 0) is 11.8 Å². The molecule has 10 nitrogen and oxygen atoms in total. The molecule has 0 aliphatic carbocycles. The molecule has 1 atom stereocenters. The van der Waals surface area contributed by atoms with Crippen molar-refractivity contribution in [2.75, 3.05) is 23.7 Å². The molecule has 0 radical (unpaired) electrons. The Bertz CT molecular complexity index is 1450. The predicted molar refractivity (Wildman–Crippen MR) is 140 cm³/mol. The molecule has 0 saturated carbocycles. The van der Waals surface area contributed by atoms with Gasteiger partial charge in [0.1, 0.15) is 4.83 Å². The minimum Gasteiger partial charge on any atom is -0.324 e. The summed E-state index contributed by atoms with van der Waals surface area (Å²) in [7, 11) is 1.88. The van der Waals surface area contributed by atoms with Crippen molar-refractivity contribution >= 4 is 39.4 Å². The van der Waals surface area contributed by atoms with Crippen LogP contribution in [-0.4, -0.2) is 60.2 Å². The number of pyridine rings is 1. The number of aryl methyl sites for hydroxylation is 3. The zero-order valence-electron chi connectivity index (χ0n) is 21.1. The highest BCUT2D eigenvalue weighted by molar-refractivity contribution is 7.21. The first-order chi connectivity index (χ1) is 17.2. The van der Waals surface area contributed by atoms with Crippen LogP contribution in [0.4, 0.5) is 11.4 Å². The van der Waals surface area contributed by atoms with E-state index in [9.17, 15) is 9.59 Å². The lowest BCUT2D eigenvalue weighted by molar-refractivity contribution is -0.119. The number of carbonyl (C=O) groups excluding carboxylic acids is 2. The number of carbonyl (C=O) groups is 2. The zero-order valence-corrected chi connectivity index (χ0v) is 21.9. The summed E-state index contributed by atoms with van der Waals surface area (Å²) in [6, 6.07) is 2.18. The molecule has 2 N–H and O–H groups in total. The van der Waals surface area contributed by atoms with Crippen LogP contribution in [0.15, 0.2) is 30.9 Å². The van der Waals surface area contributed by atoms with Gasteiger partial charge in [-0.2, -0.15) is 10.2 Å². The average Bonchev–Trinajstić information content (AvgIpc) is 3.59. The number of nitrogens with zero attached hydrogens (tertiary/aromatic N) is 6. The van der Waals surface area contributed by atoms with Crippen LogP contribution in [0.3, 0.4) is 0 Å². The molecular formula is C25H30N8O2S. The summed E-state index contributed by atoms with van der Waals surface area (Å²) < 4.78 is 3.49. The third kappa shape index (κ3) is 4.63. The molecule has 0 bridgehead atoms. The van der Waals surface area contributed by atoms with E-state index in [2.05, 4.69) is 44.6 Å². The first kappa shape index (κ1) is 24.1. The first-order valence-electron chi connectivity index (χ1n) is 12.0. The van der Waals surface area contributed by atoms with E-state index in [1.807, 2.05) is 33.3 Å². The van der Waals surface area contributed by atoms with E-state index >= 15 is 0 Å². The lowest BCUT2D eigenvalue weighted by atomic mass is 10.1. The van der Waals surface area contributed by atoms with Gasteiger partial charge in [-0.3, -0.25) is 19.3 Å². The predicted octanol–water partition coefficient (Wildman–Crippen LogP) is 3.73. The van der Waals surface area contributed by atoms with Gasteiger partial charge in [-0.05, 0) is 46.7 Å². The quantitative estimate of drug-likeness (QED) is 0.412. The highest BCUT2D eigenvalue weighted by atomic mass is 32.1. The standard InChI is InChI=1S/C25H30N8O2S/c1-14(2)32-7-6-17(11-32)23(34)28-18-8-21(16(4)26-9-18)29-24(35)19-10-27-33-13-22(36-25(19)33)20-12-31(5)30-15(20)3/h8-10,12-14,17H,6-7,11H2,1-5H3,(H,28,34)(H,29,35). The molecule has 0 spiro atoms. The molecule has 1 fully saturated rings. The van der Waals surface area contributed by atoms with Gasteiger partial charge in [-0.15, -0.1) is 11.3 Å². The maximum Gasteiger partial charge on any atom is 0.260 e. The lowest BCUT2D eigenvalue weighted by Crippen LogP contribution is -2.31. The van der Waals surface area contributed by atoms with E-state index in [-0.39, 0.29) is 17.7 Å². The molecule has 0 aromatic carbocycles. The summed E-state index contributed by atoms with van der Waals surface area (Å²) in [5, 5.41) is 14.7. The second-order valence-electron chi connectivity index (χ2n) is 9.58. The molecule has 1 aliphatic rings.